The summed E-state index contributed by atoms with van der Waals surface area (Å²) in [7, 11) is 2.02. The van der Waals surface area contributed by atoms with E-state index < -0.39 is 0 Å². The van der Waals surface area contributed by atoms with Crippen LogP contribution < -0.4 is 4.90 Å². The van der Waals surface area contributed by atoms with Crippen LogP contribution in [0.5, 0.6) is 0 Å². The predicted molar refractivity (Wildman–Crippen MR) is 96.0 cm³/mol. The fourth-order valence-electron chi connectivity index (χ4n) is 2.48. The maximum atomic E-state index is 9.32. The minimum absolute atomic E-state index is 0.707. The summed E-state index contributed by atoms with van der Waals surface area (Å²) in [6.07, 6.45) is 0. The number of nitriles is 1. The topological polar surface area (TPSA) is 52.8 Å². The standard InChI is InChI=1S/C18H18N4S/c1-5-22(4)17-15-12(3)14(10-19)23-18(15)21-16(20-17)13-8-6-11(2)7-9-13/h6-9H,5H2,1-4H3. The third kappa shape index (κ3) is 2.66. The van der Waals surface area contributed by atoms with Crippen LogP contribution in [-0.2, 0) is 0 Å². The summed E-state index contributed by atoms with van der Waals surface area (Å²) in [5, 5.41) is 10.3. The first-order valence-electron chi connectivity index (χ1n) is 7.54. The molecule has 0 aliphatic heterocycles. The number of aromatic nitrogens is 2. The Bertz CT molecular complexity index is 903. The van der Waals surface area contributed by atoms with Crippen LogP contribution in [0.25, 0.3) is 21.6 Å². The third-order valence-corrected chi connectivity index (χ3v) is 5.11. The monoisotopic (exact) mass is 322 g/mol. The fourth-order valence-corrected chi connectivity index (χ4v) is 3.45. The van der Waals surface area contributed by atoms with Crippen molar-refractivity contribution in [1.29, 1.82) is 5.26 Å². The SMILES string of the molecule is CCN(C)c1nc(-c2ccc(C)cc2)nc2sc(C#N)c(C)c12. The molecule has 1 aromatic carbocycles. The van der Waals surface area contributed by atoms with E-state index in [0.717, 1.165) is 33.7 Å². The average molecular weight is 322 g/mol. The molecule has 0 saturated heterocycles. The highest BCUT2D eigenvalue weighted by Gasteiger charge is 2.18. The highest BCUT2D eigenvalue weighted by molar-refractivity contribution is 7.19. The van der Waals surface area contributed by atoms with Crippen molar-refractivity contribution in [2.45, 2.75) is 20.8 Å². The zero-order valence-electron chi connectivity index (χ0n) is 13.7. The van der Waals surface area contributed by atoms with Crippen LogP contribution in [0.4, 0.5) is 5.82 Å². The van der Waals surface area contributed by atoms with Crippen LogP contribution in [0, 0.1) is 25.2 Å². The Balaban J connectivity index is 2.29. The zero-order chi connectivity index (χ0) is 16.6. The van der Waals surface area contributed by atoms with Crippen molar-refractivity contribution in [1.82, 2.24) is 9.97 Å². The molecule has 0 bridgehead atoms. The lowest BCUT2D eigenvalue weighted by molar-refractivity contribution is 0.942. The molecule has 2 heterocycles. The molecule has 4 nitrogen and oxygen atoms in total. The Morgan fingerprint density at radius 1 is 1.17 bits per heavy atom. The van der Waals surface area contributed by atoms with Gasteiger partial charge in [-0.1, -0.05) is 29.8 Å². The molecule has 3 aromatic rings. The first-order valence-corrected chi connectivity index (χ1v) is 8.36. The van der Waals surface area contributed by atoms with E-state index in [1.165, 1.54) is 16.9 Å². The Hall–Kier alpha value is -2.45. The predicted octanol–water partition coefficient (Wildman–Crippen LogP) is 4.30. The van der Waals surface area contributed by atoms with Crippen molar-refractivity contribution >= 4 is 27.4 Å². The number of aryl methyl sites for hydroxylation is 2. The first-order chi connectivity index (χ1) is 11.0. The molecular weight excluding hydrogens is 304 g/mol. The van der Waals surface area contributed by atoms with Crippen molar-refractivity contribution in [3.05, 3.63) is 40.3 Å². The van der Waals surface area contributed by atoms with E-state index in [9.17, 15) is 5.26 Å². The molecule has 0 aliphatic rings. The van der Waals surface area contributed by atoms with E-state index in [1.54, 1.807) is 0 Å². The maximum Gasteiger partial charge on any atom is 0.163 e. The minimum Gasteiger partial charge on any atom is -0.359 e. The molecule has 0 spiro atoms. The molecule has 0 N–H and O–H groups in total. The summed E-state index contributed by atoms with van der Waals surface area (Å²) < 4.78 is 0. The lowest BCUT2D eigenvalue weighted by atomic mass is 10.1. The zero-order valence-corrected chi connectivity index (χ0v) is 14.5. The van der Waals surface area contributed by atoms with Gasteiger partial charge in [-0.05, 0) is 26.3 Å². The highest BCUT2D eigenvalue weighted by Crippen LogP contribution is 2.36. The second-order valence-corrected chi connectivity index (χ2v) is 6.60. The largest absolute Gasteiger partial charge is 0.359 e. The number of benzene rings is 1. The average Bonchev–Trinajstić information content (AvgIpc) is 2.90. The van der Waals surface area contributed by atoms with E-state index in [-0.39, 0.29) is 0 Å². The number of hydrogen-bond acceptors (Lipinski definition) is 5. The molecule has 0 atom stereocenters. The summed E-state index contributed by atoms with van der Waals surface area (Å²) in [6, 6.07) is 10.5. The van der Waals surface area contributed by atoms with Gasteiger partial charge in [-0.15, -0.1) is 11.3 Å². The summed E-state index contributed by atoms with van der Waals surface area (Å²) in [5.41, 5.74) is 3.17. The number of fused-ring (bicyclic) bond motifs is 1. The molecule has 116 valence electrons. The van der Waals surface area contributed by atoms with E-state index in [1.807, 2.05) is 26.1 Å². The van der Waals surface area contributed by atoms with Gasteiger partial charge in [0.2, 0.25) is 0 Å². The lowest BCUT2D eigenvalue weighted by Gasteiger charge is -2.18. The molecule has 5 heteroatoms. The van der Waals surface area contributed by atoms with Crippen LogP contribution in [-0.4, -0.2) is 23.6 Å². The van der Waals surface area contributed by atoms with Gasteiger partial charge in [-0.3, -0.25) is 0 Å². The molecule has 0 saturated carbocycles. The van der Waals surface area contributed by atoms with Gasteiger partial charge >= 0.3 is 0 Å². The summed E-state index contributed by atoms with van der Waals surface area (Å²) in [5.74, 6) is 1.60. The van der Waals surface area contributed by atoms with Gasteiger partial charge in [-0.2, -0.15) is 5.26 Å². The first kappa shape index (κ1) is 15.4. The van der Waals surface area contributed by atoms with E-state index in [4.69, 9.17) is 9.97 Å². The molecule has 0 radical (unpaired) electrons. The van der Waals surface area contributed by atoms with Crippen molar-refractivity contribution in [3.63, 3.8) is 0 Å². The Kier molecular flexibility index (Phi) is 4.01. The van der Waals surface area contributed by atoms with E-state index in [2.05, 4.69) is 36.9 Å². The molecule has 0 amide bonds. The molecule has 0 fully saturated rings. The van der Waals surface area contributed by atoms with E-state index in [0.29, 0.717) is 10.7 Å². The van der Waals surface area contributed by atoms with Crippen molar-refractivity contribution in [3.8, 4) is 17.5 Å². The summed E-state index contributed by atoms with van der Waals surface area (Å²) >= 11 is 1.44. The molecule has 2 aromatic heterocycles. The van der Waals surface area contributed by atoms with E-state index >= 15 is 0 Å². The van der Waals surface area contributed by atoms with Gasteiger partial charge in [-0.25, -0.2) is 9.97 Å². The van der Waals surface area contributed by atoms with Gasteiger partial charge < -0.3 is 4.90 Å². The second-order valence-electron chi connectivity index (χ2n) is 5.60. The Morgan fingerprint density at radius 2 is 1.87 bits per heavy atom. The number of rotatable bonds is 3. The third-order valence-electron chi connectivity index (χ3n) is 4.02. The number of nitrogens with zero attached hydrogens (tertiary/aromatic N) is 4. The van der Waals surface area contributed by atoms with Crippen LogP contribution in [0.1, 0.15) is 22.9 Å². The van der Waals surface area contributed by atoms with Gasteiger partial charge in [0.05, 0.1) is 5.39 Å². The van der Waals surface area contributed by atoms with Crippen molar-refractivity contribution in [2.24, 2.45) is 0 Å². The smallest absolute Gasteiger partial charge is 0.163 e. The molecular formula is C18H18N4S. The van der Waals surface area contributed by atoms with Gasteiger partial charge in [0.15, 0.2) is 5.82 Å². The van der Waals surface area contributed by atoms with Crippen LogP contribution in [0.2, 0.25) is 0 Å². The second kappa shape index (κ2) is 5.98. The minimum atomic E-state index is 0.707. The molecule has 23 heavy (non-hydrogen) atoms. The summed E-state index contributed by atoms with van der Waals surface area (Å²) in [4.78, 5) is 13.2. The molecule has 0 aliphatic carbocycles. The van der Waals surface area contributed by atoms with Crippen LogP contribution in [0.3, 0.4) is 0 Å². The van der Waals surface area contributed by atoms with Gasteiger partial charge in [0.25, 0.3) is 0 Å². The highest BCUT2D eigenvalue weighted by atomic mass is 32.1. The number of hydrogen-bond donors (Lipinski definition) is 0. The van der Waals surface area contributed by atoms with Crippen LogP contribution >= 0.6 is 11.3 Å². The normalized spacial score (nSPS) is 10.7. The fraction of sp³-hybridized carbons (Fsp3) is 0.278. The molecule has 3 rings (SSSR count). The van der Waals surface area contributed by atoms with Gasteiger partial charge in [0, 0.05) is 19.2 Å². The lowest BCUT2D eigenvalue weighted by Crippen LogP contribution is -2.18. The van der Waals surface area contributed by atoms with Crippen LogP contribution in [0.15, 0.2) is 24.3 Å². The molecule has 0 unspecified atom stereocenters. The maximum absolute atomic E-state index is 9.32. The summed E-state index contributed by atoms with van der Waals surface area (Å²) in [6.45, 7) is 6.97. The Morgan fingerprint density at radius 3 is 2.48 bits per heavy atom. The Labute approximate surface area is 140 Å². The van der Waals surface area contributed by atoms with Crippen molar-refractivity contribution < 1.29 is 0 Å². The van der Waals surface area contributed by atoms with Gasteiger partial charge in [0.1, 0.15) is 21.6 Å². The van der Waals surface area contributed by atoms with Crippen molar-refractivity contribution in [2.75, 3.05) is 18.5 Å². The quantitative estimate of drug-likeness (QED) is 0.721. The number of anilines is 1. The number of thiophene rings is 1.